The second-order valence-electron chi connectivity index (χ2n) is 6.93. The number of nitrogens with one attached hydrogen (secondary N) is 2. The number of carbonyl (C=O) groups is 3. The molecule has 2 fully saturated rings. The molecule has 130 valence electrons. The minimum atomic E-state index is -0.633. The average molecular weight is 342 g/mol. The van der Waals surface area contributed by atoms with Gasteiger partial charge in [-0.05, 0) is 38.0 Å². The topological polar surface area (TPSA) is 105 Å². The van der Waals surface area contributed by atoms with Crippen molar-refractivity contribution in [3.05, 3.63) is 0 Å². The second kappa shape index (κ2) is 6.68. The highest BCUT2D eigenvalue weighted by molar-refractivity contribution is 7.99. The highest BCUT2D eigenvalue weighted by atomic mass is 32.2. The zero-order valence-electron chi connectivity index (χ0n) is 14.1. The maximum atomic E-state index is 12.9. The molecular weight excluding hydrogens is 316 g/mol. The molecule has 4 N–H and O–H groups in total. The molecule has 2 rings (SSSR count). The molecule has 0 aromatic heterocycles. The van der Waals surface area contributed by atoms with E-state index in [-0.39, 0.29) is 28.6 Å². The number of fused-ring (bicyclic) bond motifs is 1. The molecule has 3 amide bonds. The van der Waals surface area contributed by atoms with Crippen LogP contribution in [0.5, 0.6) is 0 Å². The highest BCUT2D eigenvalue weighted by Crippen LogP contribution is 2.45. The molecule has 2 aliphatic rings. The fourth-order valence-corrected chi connectivity index (χ4v) is 4.90. The Hall–Kier alpha value is -1.28. The summed E-state index contributed by atoms with van der Waals surface area (Å²) in [5.41, 5.74) is 5.21. The number of nitrogens with zero attached hydrogens (tertiary/aromatic N) is 1. The number of amides is 3. The minimum absolute atomic E-state index is 0.0568. The van der Waals surface area contributed by atoms with Gasteiger partial charge in [0, 0.05) is 0 Å². The van der Waals surface area contributed by atoms with E-state index in [9.17, 15) is 14.4 Å². The van der Waals surface area contributed by atoms with Gasteiger partial charge in [-0.25, -0.2) is 0 Å². The van der Waals surface area contributed by atoms with Crippen LogP contribution in [0.25, 0.3) is 0 Å². The summed E-state index contributed by atoms with van der Waals surface area (Å²) in [6.45, 7) is 5.66. The third kappa shape index (κ3) is 3.47. The van der Waals surface area contributed by atoms with Gasteiger partial charge in [-0.3, -0.25) is 14.4 Å². The van der Waals surface area contributed by atoms with Gasteiger partial charge < -0.3 is 21.3 Å². The van der Waals surface area contributed by atoms with Crippen LogP contribution in [-0.4, -0.2) is 58.9 Å². The van der Waals surface area contributed by atoms with E-state index in [2.05, 4.69) is 10.6 Å². The van der Waals surface area contributed by atoms with Gasteiger partial charge in [-0.15, -0.1) is 11.8 Å². The van der Waals surface area contributed by atoms with E-state index in [0.717, 1.165) is 12.2 Å². The Bertz CT molecular complexity index is 511. The molecule has 0 aromatic rings. The summed E-state index contributed by atoms with van der Waals surface area (Å²) in [5, 5.41) is 5.60. The number of likely N-dealkylation sites (N-methyl/N-ethyl adjacent to an activating group) is 1. The van der Waals surface area contributed by atoms with E-state index >= 15 is 0 Å². The SMILES string of the molecule is CN[C@@H](C)C(=O)N[C@H]1CCS[C@H]2CC(C)(C)[C@@H](C(N)=O)N2C1=O. The van der Waals surface area contributed by atoms with Crippen molar-refractivity contribution in [2.45, 2.75) is 57.1 Å². The maximum absolute atomic E-state index is 12.9. The number of primary amides is 1. The summed E-state index contributed by atoms with van der Waals surface area (Å²) >= 11 is 1.66. The Kier molecular flexibility index (Phi) is 5.25. The fraction of sp³-hybridized carbons (Fsp3) is 0.800. The van der Waals surface area contributed by atoms with Gasteiger partial charge in [0.15, 0.2) is 0 Å². The van der Waals surface area contributed by atoms with Crippen molar-refractivity contribution in [2.24, 2.45) is 11.1 Å². The van der Waals surface area contributed by atoms with Crippen molar-refractivity contribution >= 4 is 29.5 Å². The lowest BCUT2D eigenvalue weighted by atomic mass is 9.84. The summed E-state index contributed by atoms with van der Waals surface area (Å²) < 4.78 is 0. The lowest BCUT2D eigenvalue weighted by Gasteiger charge is -2.32. The first-order valence-corrected chi connectivity index (χ1v) is 8.94. The maximum Gasteiger partial charge on any atom is 0.246 e. The van der Waals surface area contributed by atoms with Gasteiger partial charge in [-0.1, -0.05) is 13.8 Å². The van der Waals surface area contributed by atoms with Crippen LogP contribution in [-0.2, 0) is 14.4 Å². The number of hydrogen-bond donors (Lipinski definition) is 3. The largest absolute Gasteiger partial charge is 0.368 e. The first kappa shape index (κ1) is 18.1. The summed E-state index contributed by atoms with van der Waals surface area (Å²) in [5.74, 6) is -0.149. The molecule has 0 aromatic carbocycles. The van der Waals surface area contributed by atoms with Gasteiger partial charge in [0.25, 0.3) is 0 Å². The van der Waals surface area contributed by atoms with Crippen LogP contribution in [0.2, 0.25) is 0 Å². The van der Waals surface area contributed by atoms with Crippen LogP contribution in [0.3, 0.4) is 0 Å². The van der Waals surface area contributed by atoms with E-state index in [4.69, 9.17) is 5.73 Å². The van der Waals surface area contributed by atoms with Gasteiger partial charge >= 0.3 is 0 Å². The molecular formula is C15H26N4O3S. The number of hydrogen-bond acceptors (Lipinski definition) is 5. The molecule has 0 aliphatic carbocycles. The Morgan fingerprint density at radius 2 is 2.09 bits per heavy atom. The number of nitrogens with two attached hydrogens (primary N) is 1. The molecule has 2 heterocycles. The molecule has 0 bridgehead atoms. The third-order valence-electron chi connectivity index (χ3n) is 4.71. The van der Waals surface area contributed by atoms with Gasteiger partial charge in [0.2, 0.25) is 17.7 Å². The molecule has 2 saturated heterocycles. The fourth-order valence-electron chi connectivity index (χ4n) is 3.32. The number of rotatable bonds is 4. The van der Waals surface area contributed by atoms with Gasteiger partial charge in [0.1, 0.15) is 12.1 Å². The summed E-state index contributed by atoms with van der Waals surface area (Å²) in [7, 11) is 1.69. The molecule has 7 nitrogen and oxygen atoms in total. The Morgan fingerprint density at radius 3 is 2.65 bits per heavy atom. The van der Waals surface area contributed by atoms with Crippen molar-refractivity contribution in [3.63, 3.8) is 0 Å². The number of thioether (sulfide) groups is 1. The quantitative estimate of drug-likeness (QED) is 0.648. The summed E-state index contributed by atoms with van der Waals surface area (Å²) in [6.07, 6.45) is 1.29. The molecule has 4 atom stereocenters. The second-order valence-corrected chi connectivity index (χ2v) is 8.21. The van der Waals surface area contributed by atoms with E-state index in [1.165, 1.54) is 0 Å². The molecule has 0 saturated carbocycles. The van der Waals surface area contributed by atoms with E-state index in [1.54, 1.807) is 30.6 Å². The average Bonchev–Trinajstić information content (AvgIpc) is 2.66. The zero-order valence-corrected chi connectivity index (χ0v) is 14.9. The Balaban J connectivity index is 2.23. The summed E-state index contributed by atoms with van der Waals surface area (Å²) in [6, 6.07) is -1.62. The smallest absolute Gasteiger partial charge is 0.246 e. The molecule has 23 heavy (non-hydrogen) atoms. The predicted octanol–water partition coefficient (Wildman–Crippen LogP) is -0.345. The van der Waals surface area contributed by atoms with Crippen LogP contribution in [0.1, 0.15) is 33.6 Å². The number of carbonyl (C=O) groups excluding carboxylic acids is 3. The zero-order chi connectivity index (χ0) is 17.4. The van der Waals surface area contributed by atoms with Crippen molar-refractivity contribution in [2.75, 3.05) is 12.8 Å². The van der Waals surface area contributed by atoms with Crippen molar-refractivity contribution in [1.29, 1.82) is 0 Å². The van der Waals surface area contributed by atoms with E-state index < -0.39 is 18.0 Å². The molecule has 0 radical (unpaired) electrons. The third-order valence-corrected chi connectivity index (χ3v) is 5.96. The lowest BCUT2D eigenvalue weighted by Crippen LogP contribution is -2.57. The molecule has 8 heteroatoms. The van der Waals surface area contributed by atoms with Crippen molar-refractivity contribution < 1.29 is 14.4 Å². The first-order valence-electron chi connectivity index (χ1n) is 7.89. The molecule has 0 spiro atoms. The van der Waals surface area contributed by atoms with Gasteiger partial charge in [-0.2, -0.15) is 0 Å². The first-order chi connectivity index (χ1) is 10.7. The van der Waals surface area contributed by atoms with Crippen molar-refractivity contribution in [3.8, 4) is 0 Å². The Labute approximate surface area is 141 Å². The normalized spacial score (nSPS) is 31.2. The molecule has 2 aliphatic heterocycles. The highest BCUT2D eigenvalue weighted by Gasteiger charge is 2.53. The Morgan fingerprint density at radius 1 is 1.43 bits per heavy atom. The monoisotopic (exact) mass is 342 g/mol. The van der Waals surface area contributed by atoms with Crippen LogP contribution in [0, 0.1) is 5.41 Å². The van der Waals surface area contributed by atoms with Crippen LogP contribution < -0.4 is 16.4 Å². The summed E-state index contributed by atoms with van der Waals surface area (Å²) in [4.78, 5) is 38.6. The van der Waals surface area contributed by atoms with Crippen molar-refractivity contribution in [1.82, 2.24) is 15.5 Å². The van der Waals surface area contributed by atoms with Crippen LogP contribution in [0.4, 0.5) is 0 Å². The van der Waals surface area contributed by atoms with Crippen LogP contribution >= 0.6 is 11.8 Å². The standard InChI is InChI=1S/C15H26N4O3S/c1-8(17-4)13(21)18-9-5-6-23-10-7-15(2,3)11(12(16)20)19(10)14(9)22/h8-11,17H,5-7H2,1-4H3,(H2,16,20)(H,18,21)/t8-,9-,10-,11+/m0/s1. The van der Waals surface area contributed by atoms with E-state index in [0.29, 0.717) is 6.42 Å². The van der Waals surface area contributed by atoms with E-state index in [1.807, 2.05) is 13.8 Å². The molecule has 0 unspecified atom stereocenters. The van der Waals surface area contributed by atoms with Gasteiger partial charge in [0.05, 0.1) is 11.4 Å². The van der Waals surface area contributed by atoms with Crippen LogP contribution in [0.15, 0.2) is 0 Å². The lowest BCUT2D eigenvalue weighted by molar-refractivity contribution is -0.142. The predicted molar refractivity (Wildman–Crippen MR) is 89.5 cm³/mol. The minimum Gasteiger partial charge on any atom is -0.368 e.